The fourth-order valence-corrected chi connectivity index (χ4v) is 3.30. The molecule has 0 radical (unpaired) electrons. The second-order valence-electron chi connectivity index (χ2n) is 6.57. The molecule has 3 rings (SSSR count). The lowest BCUT2D eigenvalue weighted by Gasteiger charge is -2.17. The summed E-state index contributed by atoms with van der Waals surface area (Å²) in [4.78, 5) is 16.8. The molecule has 0 spiro atoms. The van der Waals surface area contributed by atoms with Crippen LogP contribution in [0.15, 0.2) is 42.6 Å². The predicted molar refractivity (Wildman–Crippen MR) is 102 cm³/mol. The Hall–Kier alpha value is -2.07. The number of aromatic nitrogens is 1. The number of carbonyl (C=O) groups excluding carboxylic acids is 1. The minimum absolute atomic E-state index is 0.0960. The Morgan fingerprint density at radius 1 is 1.08 bits per heavy atom. The molecule has 5 heteroatoms. The van der Waals surface area contributed by atoms with Gasteiger partial charge in [-0.1, -0.05) is 49.4 Å². The zero-order valence-electron chi connectivity index (χ0n) is 14.3. The molecule has 0 saturated heterocycles. The van der Waals surface area contributed by atoms with Gasteiger partial charge in [-0.15, -0.1) is 0 Å². The summed E-state index contributed by atoms with van der Waals surface area (Å²) in [6, 6.07) is 11.5. The summed E-state index contributed by atoms with van der Waals surface area (Å²) < 4.78 is 0. The van der Waals surface area contributed by atoms with Crippen molar-refractivity contribution in [3.05, 3.63) is 58.7 Å². The van der Waals surface area contributed by atoms with Crippen LogP contribution in [-0.2, 0) is 6.54 Å². The highest BCUT2D eigenvalue weighted by Gasteiger charge is 2.13. The summed E-state index contributed by atoms with van der Waals surface area (Å²) >= 11 is 5.88. The van der Waals surface area contributed by atoms with Gasteiger partial charge in [0, 0.05) is 29.4 Å². The lowest BCUT2D eigenvalue weighted by Crippen LogP contribution is -2.23. The zero-order valence-corrected chi connectivity index (χ0v) is 15.1. The number of pyridine rings is 1. The molecule has 25 heavy (non-hydrogen) atoms. The lowest BCUT2D eigenvalue weighted by molar-refractivity contribution is 0.0951. The van der Waals surface area contributed by atoms with Gasteiger partial charge in [0.15, 0.2) is 0 Å². The molecule has 1 aromatic carbocycles. The Labute approximate surface area is 154 Å². The molecular formula is C20H24ClN3O. The maximum atomic E-state index is 12.4. The van der Waals surface area contributed by atoms with Crippen molar-refractivity contribution in [2.75, 3.05) is 5.32 Å². The van der Waals surface area contributed by atoms with Crippen LogP contribution in [0.2, 0.25) is 5.02 Å². The van der Waals surface area contributed by atoms with E-state index in [1.165, 1.54) is 38.5 Å². The van der Waals surface area contributed by atoms with Crippen molar-refractivity contribution < 1.29 is 4.79 Å². The molecule has 0 unspecified atom stereocenters. The van der Waals surface area contributed by atoms with E-state index in [2.05, 4.69) is 15.6 Å². The number of nitrogens with zero attached hydrogens (tertiary/aromatic N) is 1. The number of halogens is 1. The van der Waals surface area contributed by atoms with Crippen LogP contribution < -0.4 is 10.6 Å². The SMILES string of the molecule is O=C(NCc1ccc(Cl)cc1)c1ccnc(NC2CCCCCC2)c1. The Bertz CT molecular complexity index is 694. The monoisotopic (exact) mass is 357 g/mol. The van der Waals surface area contributed by atoms with Crippen molar-refractivity contribution in [1.29, 1.82) is 0 Å². The summed E-state index contributed by atoms with van der Waals surface area (Å²) in [6.07, 6.45) is 9.20. The first-order valence-corrected chi connectivity index (χ1v) is 9.34. The maximum absolute atomic E-state index is 12.4. The van der Waals surface area contributed by atoms with Crippen LogP contribution in [0.4, 0.5) is 5.82 Å². The average molecular weight is 358 g/mol. The van der Waals surface area contributed by atoms with E-state index in [1.807, 2.05) is 30.3 Å². The minimum atomic E-state index is -0.0960. The molecule has 0 bridgehead atoms. The van der Waals surface area contributed by atoms with Gasteiger partial charge >= 0.3 is 0 Å². The van der Waals surface area contributed by atoms with Crippen molar-refractivity contribution in [1.82, 2.24) is 10.3 Å². The number of amides is 1. The standard InChI is InChI=1S/C20H24ClN3O/c21-17-9-7-15(8-10-17)14-23-20(25)16-11-12-22-19(13-16)24-18-5-3-1-2-4-6-18/h7-13,18H,1-6,14H2,(H,22,24)(H,23,25). The molecular weight excluding hydrogens is 334 g/mol. The molecule has 1 fully saturated rings. The van der Waals surface area contributed by atoms with Crippen LogP contribution in [0.5, 0.6) is 0 Å². The second-order valence-corrected chi connectivity index (χ2v) is 7.01. The van der Waals surface area contributed by atoms with E-state index in [9.17, 15) is 4.79 Å². The van der Waals surface area contributed by atoms with Crippen LogP contribution in [-0.4, -0.2) is 16.9 Å². The Kier molecular flexibility index (Phi) is 6.29. The third kappa shape index (κ3) is 5.46. The first kappa shape index (κ1) is 17.7. The quantitative estimate of drug-likeness (QED) is 0.756. The first-order valence-electron chi connectivity index (χ1n) is 8.96. The second kappa shape index (κ2) is 8.86. The van der Waals surface area contributed by atoms with Gasteiger partial charge in [-0.2, -0.15) is 0 Å². The van der Waals surface area contributed by atoms with E-state index < -0.39 is 0 Å². The lowest BCUT2D eigenvalue weighted by atomic mass is 10.1. The van der Waals surface area contributed by atoms with Gasteiger partial charge in [0.05, 0.1) is 0 Å². The van der Waals surface area contributed by atoms with Crippen LogP contribution >= 0.6 is 11.6 Å². The third-order valence-electron chi connectivity index (χ3n) is 4.60. The Balaban J connectivity index is 1.58. The summed E-state index contributed by atoms with van der Waals surface area (Å²) in [7, 11) is 0. The molecule has 0 atom stereocenters. The van der Waals surface area contributed by atoms with Gasteiger partial charge in [-0.25, -0.2) is 4.98 Å². The van der Waals surface area contributed by atoms with Gasteiger partial charge in [-0.3, -0.25) is 4.79 Å². The predicted octanol–water partition coefficient (Wildman–Crippen LogP) is 4.80. The molecule has 1 aromatic heterocycles. The van der Waals surface area contributed by atoms with Gasteiger partial charge < -0.3 is 10.6 Å². The molecule has 1 saturated carbocycles. The fourth-order valence-electron chi connectivity index (χ4n) is 3.17. The molecule has 1 heterocycles. The zero-order chi connectivity index (χ0) is 17.5. The van der Waals surface area contributed by atoms with Gasteiger partial charge in [0.2, 0.25) is 0 Å². The molecule has 2 aromatic rings. The van der Waals surface area contributed by atoms with Gasteiger partial charge in [-0.05, 0) is 42.7 Å². The van der Waals surface area contributed by atoms with Crippen molar-refractivity contribution in [3.8, 4) is 0 Å². The van der Waals surface area contributed by atoms with Crippen molar-refractivity contribution in [2.24, 2.45) is 0 Å². The smallest absolute Gasteiger partial charge is 0.251 e. The number of nitrogens with one attached hydrogen (secondary N) is 2. The number of hydrogen-bond acceptors (Lipinski definition) is 3. The van der Waals surface area contributed by atoms with Crippen molar-refractivity contribution >= 4 is 23.3 Å². The molecule has 0 aliphatic heterocycles. The summed E-state index contributed by atoms with van der Waals surface area (Å²) in [5.74, 6) is 0.687. The highest BCUT2D eigenvalue weighted by atomic mass is 35.5. The molecule has 1 aliphatic rings. The number of rotatable bonds is 5. The van der Waals surface area contributed by atoms with Crippen LogP contribution in [0.3, 0.4) is 0 Å². The van der Waals surface area contributed by atoms with Gasteiger partial charge in [0.1, 0.15) is 5.82 Å². The van der Waals surface area contributed by atoms with E-state index in [0.29, 0.717) is 23.2 Å². The molecule has 1 amide bonds. The van der Waals surface area contributed by atoms with Crippen molar-refractivity contribution in [2.45, 2.75) is 51.1 Å². The maximum Gasteiger partial charge on any atom is 0.251 e. The molecule has 132 valence electrons. The number of benzene rings is 1. The van der Waals surface area contributed by atoms with E-state index in [1.54, 1.807) is 12.3 Å². The van der Waals surface area contributed by atoms with E-state index >= 15 is 0 Å². The van der Waals surface area contributed by atoms with E-state index in [0.717, 1.165) is 11.4 Å². The largest absolute Gasteiger partial charge is 0.367 e. The van der Waals surface area contributed by atoms with E-state index in [4.69, 9.17) is 11.6 Å². The number of anilines is 1. The van der Waals surface area contributed by atoms with Crippen LogP contribution in [0, 0.1) is 0 Å². The van der Waals surface area contributed by atoms with Gasteiger partial charge in [0.25, 0.3) is 5.91 Å². The third-order valence-corrected chi connectivity index (χ3v) is 4.85. The summed E-state index contributed by atoms with van der Waals surface area (Å²) in [5, 5.41) is 7.12. The van der Waals surface area contributed by atoms with Crippen LogP contribution in [0.1, 0.15) is 54.4 Å². The van der Waals surface area contributed by atoms with Crippen LogP contribution in [0.25, 0.3) is 0 Å². The molecule has 2 N–H and O–H groups in total. The van der Waals surface area contributed by atoms with E-state index in [-0.39, 0.29) is 5.91 Å². The molecule has 1 aliphatic carbocycles. The molecule has 4 nitrogen and oxygen atoms in total. The fraction of sp³-hybridized carbons (Fsp3) is 0.400. The topological polar surface area (TPSA) is 54.0 Å². The average Bonchev–Trinajstić information content (AvgIpc) is 2.90. The minimum Gasteiger partial charge on any atom is -0.367 e. The highest BCUT2D eigenvalue weighted by molar-refractivity contribution is 6.30. The summed E-state index contributed by atoms with van der Waals surface area (Å²) in [6.45, 7) is 0.476. The number of hydrogen-bond donors (Lipinski definition) is 2. The normalized spacial score (nSPS) is 15.4. The summed E-state index contributed by atoms with van der Waals surface area (Å²) in [5.41, 5.74) is 1.64. The Morgan fingerprint density at radius 2 is 1.80 bits per heavy atom. The van der Waals surface area contributed by atoms with Crippen molar-refractivity contribution in [3.63, 3.8) is 0 Å². The highest BCUT2D eigenvalue weighted by Crippen LogP contribution is 2.20. The Morgan fingerprint density at radius 3 is 2.52 bits per heavy atom. The first-order chi connectivity index (χ1) is 12.2. The number of carbonyl (C=O) groups is 1.